The summed E-state index contributed by atoms with van der Waals surface area (Å²) in [4.78, 5) is 19.3. The van der Waals surface area contributed by atoms with Crippen LogP contribution in [0.5, 0.6) is 0 Å². The van der Waals surface area contributed by atoms with Crippen molar-refractivity contribution in [2.45, 2.75) is 0 Å². The van der Waals surface area contributed by atoms with Gasteiger partial charge in [0.05, 0.1) is 5.30 Å². The van der Waals surface area contributed by atoms with Crippen LogP contribution in [0.2, 0.25) is 0 Å². The molecule has 0 bridgehead atoms. The Labute approximate surface area is 127 Å². The maximum Gasteiger partial charge on any atom is 0.356 e. The second kappa shape index (κ2) is 4.65. The van der Waals surface area contributed by atoms with E-state index in [0.717, 1.165) is 26.9 Å². The summed E-state index contributed by atoms with van der Waals surface area (Å²) in [6.45, 7) is 0. The van der Waals surface area contributed by atoms with E-state index >= 15 is 0 Å². The van der Waals surface area contributed by atoms with Crippen molar-refractivity contribution in [3.63, 3.8) is 0 Å². The van der Waals surface area contributed by atoms with E-state index in [2.05, 4.69) is 6.07 Å². The predicted octanol–water partition coefficient (Wildman–Crippen LogP) is 3.95. The summed E-state index contributed by atoms with van der Waals surface area (Å²) in [5.41, 5.74) is 0. The fourth-order valence-electron chi connectivity index (χ4n) is 3.02. The van der Waals surface area contributed by atoms with Crippen LogP contribution in [-0.4, -0.2) is 9.79 Å². The minimum absolute atomic E-state index is 0.0888. The maximum absolute atomic E-state index is 11.8. The van der Waals surface area contributed by atoms with Crippen LogP contribution < -0.4 is 5.30 Å². The molecule has 0 aliphatic rings. The van der Waals surface area contributed by atoms with Crippen LogP contribution in [0.3, 0.4) is 0 Å². The van der Waals surface area contributed by atoms with Gasteiger partial charge in [0.1, 0.15) is 0 Å². The second-order valence-electron chi connectivity index (χ2n) is 5.41. The topological polar surface area (TPSA) is 57.5 Å². The van der Waals surface area contributed by atoms with E-state index in [1.165, 1.54) is 6.07 Å². The first-order valence-electron chi connectivity index (χ1n) is 6.94. The lowest BCUT2D eigenvalue weighted by Crippen LogP contribution is -2.05. The number of benzene rings is 4. The third-order valence-electron chi connectivity index (χ3n) is 4.02. The zero-order valence-electron chi connectivity index (χ0n) is 11.6. The first-order valence-corrected chi connectivity index (χ1v) is 8.56. The van der Waals surface area contributed by atoms with Gasteiger partial charge in [-0.3, -0.25) is 4.57 Å². The lowest BCUT2D eigenvalue weighted by atomic mass is 9.98. The quantitative estimate of drug-likeness (QED) is 0.318. The minimum Gasteiger partial charge on any atom is -0.321 e. The summed E-state index contributed by atoms with van der Waals surface area (Å²) in [5.74, 6) is 0. The molecule has 0 fully saturated rings. The van der Waals surface area contributed by atoms with E-state index in [9.17, 15) is 14.4 Å². The molecule has 0 amide bonds. The van der Waals surface area contributed by atoms with E-state index < -0.39 is 7.60 Å². The minimum atomic E-state index is -4.33. The Hall–Kier alpha value is -2.19. The third-order valence-corrected chi connectivity index (χ3v) is 5.02. The summed E-state index contributed by atoms with van der Waals surface area (Å²) in [6, 6.07) is 21.0. The lowest BCUT2D eigenvalue weighted by molar-refractivity contribution is 0.388. The largest absolute Gasteiger partial charge is 0.356 e. The first-order chi connectivity index (χ1) is 10.5. The molecular formula is C18H13O3P. The molecule has 4 rings (SSSR count). The van der Waals surface area contributed by atoms with Gasteiger partial charge in [-0.2, -0.15) is 0 Å². The normalized spacial score (nSPS) is 12.3. The number of rotatable bonds is 1. The van der Waals surface area contributed by atoms with Gasteiger partial charge in [-0.05, 0) is 45.1 Å². The van der Waals surface area contributed by atoms with Crippen LogP contribution in [-0.2, 0) is 4.57 Å². The first kappa shape index (κ1) is 13.5. The summed E-state index contributed by atoms with van der Waals surface area (Å²) >= 11 is 0. The predicted molar refractivity (Wildman–Crippen MR) is 90.6 cm³/mol. The molecule has 0 spiro atoms. The van der Waals surface area contributed by atoms with Gasteiger partial charge < -0.3 is 9.79 Å². The Balaban J connectivity index is 2.26. The van der Waals surface area contributed by atoms with Gasteiger partial charge in [0.2, 0.25) is 0 Å². The summed E-state index contributed by atoms with van der Waals surface area (Å²) < 4.78 is 11.8. The lowest BCUT2D eigenvalue weighted by Gasteiger charge is -2.12. The van der Waals surface area contributed by atoms with Crippen LogP contribution in [0.15, 0.2) is 66.7 Å². The van der Waals surface area contributed by atoms with Crippen molar-refractivity contribution in [3.8, 4) is 0 Å². The third kappa shape index (κ3) is 2.03. The SMILES string of the molecule is O=P(O)(O)c1cccc2ccc3cc4ccccc4cc3c12. The maximum atomic E-state index is 11.8. The van der Waals surface area contributed by atoms with Crippen molar-refractivity contribution < 1.29 is 14.4 Å². The Morgan fingerprint density at radius 3 is 2.05 bits per heavy atom. The van der Waals surface area contributed by atoms with E-state index in [4.69, 9.17) is 0 Å². The van der Waals surface area contributed by atoms with Gasteiger partial charge in [-0.1, -0.05) is 48.5 Å². The Morgan fingerprint density at radius 2 is 1.32 bits per heavy atom. The van der Waals surface area contributed by atoms with Crippen LogP contribution >= 0.6 is 7.60 Å². The fourth-order valence-corrected chi connectivity index (χ4v) is 3.85. The molecule has 0 aliphatic heterocycles. The molecule has 0 aromatic heterocycles. The van der Waals surface area contributed by atoms with Gasteiger partial charge >= 0.3 is 7.60 Å². The van der Waals surface area contributed by atoms with Crippen molar-refractivity contribution in [2.75, 3.05) is 0 Å². The van der Waals surface area contributed by atoms with Crippen LogP contribution in [0.25, 0.3) is 32.3 Å². The average molecular weight is 308 g/mol. The summed E-state index contributed by atoms with van der Waals surface area (Å²) in [6.07, 6.45) is 0. The van der Waals surface area contributed by atoms with Crippen molar-refractivity contribution in [1.82, 2.24) is 0 Å². The zero-order valence-corrected chi connectivity index (χ0v) is 12.5. The molecule has 0 saturated carbocycles. The van der Waals surface area contributed by atoms with E-state index in [1.807, 2.05) is 48.5 Å². The fraction of sp³-hybridized carbons (Fsp3) is 0. The molecule has 2 N–H and O–H groups in total. The smallest absolute Gasteiger partial charge is 0.321 e. The molecule has 22 heavy (non-hydrogen) atoms. The van der Waals surface area contributed by atoms with Gasteiger partial charge in [0.25, 0.3) is 0 Å². The molecule has 4 aromatic carbocycles. The molecule has 0 saturated heterocycles. The molecule has 0 radical (unpaired) electrons. The average Bonchev–Trinajstić information content (AvgIpc) is 2.51. The Bertz CT molecular complexity index is 1080. The van der Waals surface area contributed by atoms with Crippen LogP contribution in [0.4, 0.5) is 0 Å². The van der Waals surface area contributed by atoms with Gasteiger partial charge in [-0.15, -0.1) is 0 Å². The van der Waals surface area contributed by atoms with Crippen molar-refractivity contribution in [3.05, 3.63) is 66.7 Å². The number of hydrogen-bond acceptors (Lipinski definition) is 1. The number of hydrogen-bond donors (Lipinski definition) is 2. The molecule has 0 aliphatic carbocycles. The van der Waals surface area contributed by atoms with Crippen LogP contribution in [0.1, 0.15) is 0 Å². The zero-order chi connectivity index (χ0) is 15.3. The van der Waals surface area contributed by atoms with Crippen molar-refractivity contribution in [1.29, 1.82) is 0 Å². The van der Waals surface area contributed by atoms with Crippen molar-refractivity contribution >= 4 is 45.2 Å². The monoisotopic (exact) mass is 308 g/mol. The summed E-state index contributed by atoms with van der Waals surface area (Å²) in [7, 11) is -4.33. The van der Waals surface area contributed by atoms with Gasteiger partial charge in [0, 0.05) is 5.39 Å². The molecule has 4 heteroatoms. The Morgan fingerprint density at radius 1 is 0.682 bits per heavy atom. The molecule has 4 aromatic rings. The van der Waals surface area contributed by atoms with E-state index in [-0.39, 0.29) is 5.30 Å². The molecule has 0 heterocycles. The highest BCUT2D eigenvalue weighted by atomic mass is 31.2. The van der Waals surface area contributed by atoms with Crippen molar-refractivity contribution in [2.24, 2.45) is 0 Å². The molecule has 108 valence electrons. The molecule has 3 nitrogen and oxygen atoms in total. The van der Waals surface area contributed by atoms with Gasteiger partial charge in [0.15, 0.2) is 0 Å². The van der Waals surface area contributed by atoms with E-state index in [0.29, 0.717) is 5.39 Å². The molecule has 0 atom stereocenters. The second-order valence-corrected chi connectivity index (χ2v) is 6.98. The van der Waals surface area contributed by atoms with Crippen LogP contribution in [0, 0.1) is 0 Å². The Kier molecular flexibility index (Phi) is 2.85. The number of fused-ring (bicyclic) bond motifs is 4. The highest BCUT2D eigenvalue weighted by Gasteiger charge is 2.21. The van der Waals surface area contributed by atoms with E-state index in [1.54, 1.807) is 6.07 Å². The summed E-state index contributed by atoms with van der Waals surface area (Å²) in [5, 5.41) is 5.59. The highest BCUT2D eigenvalue weighted by Crippen LogP contribution is 2.39. The molecular weight excluding hydrogens is 295 g/mol. The molecule has 0 unspecified atom stereocenters. The standard InChI is InChI=1S/C18H13O3P/c19-22(20,21)17-7-3-6-12-8-9-15-10-13-4-1-2-5-14(13)11-16(15)18(12)17/h1-11H,(H2,19,20,21). The highest BCUT2D eigenvalue weighted by molar-refractivity contribution is 7.60. The van der Waals surface area contributed by atoms with Gasteiger partial charge in [-0.25, -0.2) is 0 Å².